The summed E-state index contributed by atoms with van der Waals surface area (Å²) >= 11 is 0. The molecular weight excluding hydrogens is 400 g/mol. The van der Waals surface area contributed by atoms with Crippen LogP contribution in [0.4, 0.5) is 0 Å². The molecule has 5 heteroatoms. The number of aliphatic hydroxyl groups excluding tert-OH is 1. The highest BCUT2D eigenvalue weighted by Crippen LogP contribution is 2.18. The van der Waals surface area contributed by atoms with Crippen molar-refractivity contribution in [3.05, 3.63) is 0 Å². The lowest BCUT2D eigenvalue weighted by molar-refractivity contribution is -0.132. The van der Waals surface area contributed by atoms with Crippen molar-refractivity contribution < 1.29 is 14.7 Å². The van der Waals surface area contributed by atoms with Gasteiger partial charge in [0.15, 0.2) is 0 Å². The van der Waals surface area contributed by atoms with Gasteiger partial charge in [0.2, 0.25) is 11.8 Å². The topological polar surface area (TPSA) is 69.6 Å². The first-order chi connectivity index (χ1) is 15.7. The smallest absolute Gasteiger partial charge is 0.222 e. The van der Waals surface area contributed by atoms with Gasteiger partial charge in [-0.1, -0.05) is 90.4 Å². The summed E-state index contributed by atoms with van der Waals surface area (Å²) in [6.07, 6.45) is 23.1. The van der Waals surface area contributed by atoms with Gasteiger partial charge < -0.3 is 15.3 Å². The molecular formula is C27H52N2O3. The normalized spacial score (nSPS) is 15.9. The van der Waals surface area contributed by atoms with Crippen molar-refractivity contribution in [2.75, 3.05) is 19.7 Å². The fourth-order valence-electron chi connectivity index (χ4n) is 4.69. The van der Waals surface area contributed by atoms with Crippen LogP contribution in [-0.4, -0.2) is 47.6 Å². The number of nitrogens with one attached hydrogen (secondary N) is 1. The number of carbonyl (C=O) groups is 2. The van der Waals surface area contributed by atoms with Gasteiger partial charge >= 0.3 is 0 Å². The summed E-state index contributed by atoms with van der Waals surface area (Å²) in [6.45, 7) is 3.86. The highest BCUT2D eigenvalue weighted by Gasteiger charge is 2.27. The molecule has 188 valence electrons. The van der Waals surface area contributed by atoms with E-state index in [2.05, 4.69) is 12.2 Å². The van der Waals surface area contributed by atoms with E-state index >= 15 is 0 Å². The van der Waals surface area contributed by atoms with E-state index in [-0.39, 0.29) is 24.5 Å². The van der Waals surface area contributed by atoms with Crippen LogP contribution in [0.5, 0.6) is 0 Å². The van der Waals surface area contributed by atoms with Crippen LogP contribution in [0, 0.1) is 0 Å². The maximum absolute atomic E-state index is 12.2. The lowest BCUT2D eigenvalue weighted by atomic mass is 10.0. The molecule has 0 aromatic carbocycles. The number of hydrogen-bond acceptors (Lipinski definition) is 3. The predicted octanol–water partition coefficient (Wildman–Crippen LogP) is 6.13. The second-order valence-electron chi connectivity index (χ2n) is 9.72. The van der Waals surface area contributed by atoms with Crippen molar-refractivity contribution >= 4 is 11.8 Å². The van der Waals surface area contributed by atoms with E-state index in [1.165, 1.54) is 70.6 Å². The zero-order valence-corrected chi connectivity index (χ0v) is 21.1. The third-order valence-electron chi connectivity index (χ3n) is 6.81. The Morgan fingerprint density at radius 2 is 1.31 bits per heavy atom. The Balaban J connectivity index is 1.81. The van der Waals surface area contributed by atoms with E-state index in [1.54, 1.807) is 0 Å². The molecule has 1 rings (SSSR count). The third kappa shape index (κ3) is 14.9. The third-order valence-corrected chi connectivity index (χ3v) is 6.81. The van der Waals surface area contributed by atoms with Crippen LogP contribution in [0.3, 0.4) is 0 Å². The number of rotatable bonds is 21. The van der Waals surface area contributed by atoms with Gasteiger partial charge in [0.25, 0.3) is 0 Å². The minimum atomic E-state index is 0.0342. The van der Waals surface area contributed by atoms with Crippen LogP contribution >= 0.6 is 0 Å². The van der Waals surface area contributed by atoms with Crippen LogP contribution in [0.25, 0.3) is 0 Å². The van der Waals surface area contributed by atoms with Crippen LogP contribution in [0.2, 0.25) is 0 Å². The molecule has 5 nitrogen and oxygen atoms in total. The molecule has 1 heterocycles. The van der Waals surface area contributed by atoms with E-state index in [9.17, 15) is 14.7 Å². The monoisotopic (exact) mass is 452 g/mol. The van der Waals surface area contributed by atoms with Gasteiger partial charge in [-0.15, -0.1) is 0 Å². The van der Waals surface area contributed by atoms with Gasteiger partial charge in [-0.2, -0.15) is 0 Å². The van der Waals surface area contributed by atoms with Gasteiger partial charge in [-0.3, -0.25) is 9.59 Å². The van der Waals surface area contributed by atoms with E-state index < -0.39 is 0 Å². The van der Waals surface area contributed by atoms with Gasteiger partial charge in [-0.25, -0.2) is 0 Å². The lowest BCUT2D eigenvalue weighted by Gasteiger charge is -2.22. The first-order valence-corrected chi connectivity index (χ1v) is 13.9. The first-order valence-electron chi connectivity index (χ1n) is 13.9. The van der Waals surface area contributed by atoms with Crippen molar-refractivity contribution in [1.82, 2.24) is 10.2 Å². The molecule has 0 aromatic rings. The first kappa shape index (κ1) is 28.9. The van der Waals surface area contributed by atoms with Gasteiger partial charge in [-0.05, 0) is 32.1 Å². The van der Waals surface area contributed by atoms with Crippen molar-refractivity contribution in [3.8, 4) is 0 Å². The summed E-state index contributed by atoms with van der Waals surface area (Å²) < 4.78 is 0. The number of hydrogen-bond donors (Lipinski definition) is 2. The molecule has 0 unspecified atom stereocenters. The number of likely N-dealkylation sites (tertiary alicyclic amines) is 1. The minimum absolute atomic E-state index is 0.0342. The second kappa shape index (κ2) is 20.5. The molecule has 1 atom stereocenters. The lowest BCUT2D eigenvalue weighted by Crippen LogP contribution is -2.37. The second-order valence-corrected chi connectivity index (χ2v) is 9.72. The maximum Gasteiger partial charge on any atom is 0.222 e. The summed E-state index contributed by atoms with van der Waals surface area (Å²) in [5.41, 5.74) is 0. The minimum Gasteiger partial charge on any atom is -0.394 e. The highest BCUT2D eigenvalue weighted by atomic mass is 16.3. The Hall–Kier alpha value is -1.10. The summed E-state index contributed by atoms with van der Waals surface area (Å²) in [5, 5.41) is 12.3. The number of nitrogens with zero attached hydrogens (tertiary/aromatic N) is 1. The molecule has 0 spiro atoms. The Bertz CT molecular complexity index is 470. The summed E-state index contributed by atoms with van der Waals surface area (Å²) in [5.74, 6) is 0.347. The molecule has 2 amide bonds. The van der Waals surface area contributed by atoms with Crippen LogP contribution < -0.4 is 5.32 Å². The largest absolute Gasteiger partial charge is 0.394 e. The summed E-state index contributed by atoms with van der Waals surface area (Å²) in [7, 11) is 0. The average Bonchev–Trinajstić information content (AvgIpc) is 3.28. The van der Waals surface area contributed by atoms with Crippen LogP contribution in [0.1, 0.15) is 135 Å². The number of unbranched alkanes of at least 4 members (excludes halogenated alkanes) is 14. The molecule has 1 aliphatic heterocycles. The fraction of sp³-hybridized carbons (Fsp3) is 0.926. The Morgan fingerprint density at radius 1 is 0.781 bits per heavy atom. The molecule has 0 aromatic heterocycles. The van der Waals surface area contributed by atoms with Crippen molar-refractivity contribution in [1.29, 1.82) is 0 Å². The molecule has 1 saturated heterocycles. The van der Waals surface area contributed by atoms with Crippen molar-refractivity contribution in [3.63, 3.8) is 0 Å². The van der Waals surface area contributed by atoms with Crippen LogP contribution in [0.15, 0.2) is 0 Å². The van der Waals surface area contributed by atoms with Crippen molar-refractivity contribution in [2.45, 2.75) is 141 Å². The molecule has 1 aliphatic rings. The fourth-order valence-corrected chi connectivity index (χ4v) is 4.69. The van der Waals surface area contributed by atoms with E-state index in [0.29, 0.717) is 19.4 Å². The molecule has 0 aliphatic carbocycles. The zero-order valence-electron chi connectivity index (χ0n) is 21.1. The Labute approximate surface area is 198 Å². The molecule has 0 bridgehead atoms. The predicted molar refractivity (Wildman–Crippen MR) is 134 cm³/mol. The maximum atomic E-state index is 12.2. The number of carbonyl (C=O) groups excluding carboxylic acids is 2. The van der Waals surface area contributed by atoms with Gasteiger partial charge in [0, 0.05) is 25.9 Å². The SMILES string of the molecule is CCCCCCCCCCCCCCCC(=O)NCCCCCC(=O)N1CCC[C@H]1CO. The number of aliphatic hydroxyl groups is 1. The van der Waals surface area contributed by atoms with Crippen molar-refractivity contribution in [2.24, 2.45) is 0 Å². The summed E-state index contributed by atoms with van der Waals surface area (Å²) in [6, 6.07) is 0.0342. The van der Waals surface area contributed by atoms with E-state index in [4.69, 9.17) is 0 Å². The number of amides is 2. The van der Waals surface area contributed by atoms with E-state index in [1.807, 2.05) is 4.90 Å². The average molecular weight is 453 g/mol. The quantitative estimate of drug-likeness (QED) is 0.206. The molecule has 2 N–H and O–H groups in total. The standard InChI is InChI=1S/C27H52N2O3/c1-2-3-4-5-6-7-8-9-10-11-12-13-15-20-26(31)28-22-17-14-16-21-27(32)29-23-18-19-25(29)24-30/h25,30H,2-24H2,1H3,(H,28,31)/t25-/m0/s1. The summed E-state index contributed by atoms with van der Waals surface area (Å²) in [4.78, 5) is 26.0. The van der Waals surface area contributed by atoms with Gasteiger partial charge in [0.1, 0.15) is 0 Å². The molecule has 0 saturated carbocycles. The molecule has 32 heavy (non-hydrogen) atoms. The van der Waals surface area contributed by atoms with Gasteiger partial charge in [0.05, 0.1) is 12.6 Å². The van der Waals surface area contributed by atoms with E-state index in [0.717, 1.165) is 51.5 Å². The molecule has 1 fully saturated rings. The highest BCUT2D eigenvalue weighted by molar-refractivity contribution is 5.77. The Morgan fingerprint density at radius 3 is 1.91 bits per heavy atom. The Kier molecular flexibility index (Phi) is 18.5. The molecule has 0 radical (unpaired) electrons. The zero-order chi connectivity index (χ0) is 23.3. The van der Waals surface area contributed by atoms with Crippen LogP contribution in [-0.2, 0) is 9.59 Å².